The normalized spacial score (nSPS) is 15.2. The second-order valence-electron chi connectivity index (χ2n) is 9.57. The monoisotopic (exact) mass is 522 g/mol. The van der Waals surface area contributed by atoms with E-state index >= 15 is 0 Å². The van der Waals surface area contributed by atoms with E-state index in [4.69, 9.17) is 9.05 Å². The van der Waals surface area contributed by atoms with Crippen LogP contribution in [0.4, 0.5) is 4.79 Å². The van der Waals surface area contributed by atoms with Crippen molar-refractivity contribution in [2.24, 2.45) is 0 Å². The standard InChI is InChI=1S/C27H55O5PS/c1-5-8-10-12-14-15-16-17-19-21-24-34-26(22-20-18-13-11-9-6-2)25(4)32-33(30,27(28)29)31-23-7-3/h25-26H,5-24H2,1-4H3,(H,28,29). The Balaban J connectivity index is 4.46. The number of thioether (sulfide) groups is 1. The quantitative estimate of drug-likeness (QED) is 0.0899. The van der Waals surface area contributed by atoms with Crippen molar-refractivity contribution >= 4 is 25.1 Å². The molecule has 0 spiro atoms. The SMILES string of the molecule is CCCCCCCCCCCCSC(CCCCCCCC)C(C)OP(=O)(OCCC)C(=O)O. The van der Waals surface area contributed by atoms with E-state index in [1.165, 1.54) is 96.3 Å². The maximum atomic E-state index is 12.7. The molecule has 3 atom stereocenters. The predicted molar refractivity (Wildman–Crippen MR) is 149 cm³/mol. The third kappa shape index (κ3) is 18.3. The number of hydrogen-bond donors (Lipinski definition) is 1. The molecule has 0 radical (unpaired) electrons. The molecule has 0 aromatic heterocycles. The van der Waals surface area contributed by atoms with Crippen LogP contribution in [-0.2, 0) is 13.6 Å². The molecule has 0 rings (SSSR count). The predicted octanol–water partition coefficient (Wildman–Crippen LogP) is 10.5. The molecule has 0 saturated heterocycles. The van der Waals surface area contributed by atoms with Crippen LogP contribution in [0.2, 0.25) is 0 Å². The molecule has 5 nitrogen and oxygen atoms in total. The van der Waals surface area contributed by atoms with Crippen LogP contribution in [0.1, 0.15) is 143 Å². The van der Waals surface area contributed by atoms with E-state index in [1.807, 2.05) is 25.6 Å². The molecule has 0 aliphatic heterocycles. The summed E-state index contributed by atoms with van der Waals surface area (Å²) < 4.78 is 23.5. The van der Waals surface area contributed by atoms with Gasteiger partial charge in [-0.3, -0.25) is 4.52 Å². The Labute approximate surface area is 215 Å². The number of rotatable bonds is 26. The summed E-state index contributed by atoms with van der Waals surface area (Å²) in [5.41, 5.74) is -1.48. The Hall–Kier alpha value is -0.0300. The lowest BCUT2D eigenvalue weighted by molar-refractivity contribution is 0.142. The fourth-order valence-corrected chi connectivity index (χ4v) is 6.72. The van der Waals surface area contributed by atoms with E-state index in [0.717, 1.165) is 18.6 Å². The maximum absolute atomic E-state index is 12.7. The van der Waals surface area contributed by atoms with Gasteiger partial charge in [0.05, 0.1) is 12.7 Å². The highest BCUT2D eigenvalue weighted by Gasteiger charge is 2.38. The molecule has 3 unspecified atom stereocenters. The molecule has 0 aliphatic carbocycles. The van der Waals surface area contributed by atoms with Gasteiger partial charge < -0.3 is 9.63 Å². The molecule has 0 fully saturated rings. The second-order valence-corrected chi connectivity index (χ2v) is 12.8. The summed E-state index contributed by atoms with van der Waals surface area (Å²) in [6, 6.07) is 0. The Morgan fingerprint density at radius 1 is 0.765 bits per heavy atom. The Morgan fingerprint density at radius 2 is 1.24 bits per heavy atom. The van der Waals surface area contributed by atoms with E-state index < -0.39 is 19.4 Å². The van der Waals surface area contributed by atoms with Crippen molar-refractivity contribution in [3.63, 3.8) is 0 Å². The zero-order valence-electron chi connectivity index (χ0n) is 22.7. The molecule has 7 heteroatoms. The number of hydrogen-bond acceptors (Lipinski definition) is 5. The van der Waals surface area contributed by atoms with Crippen molar-refractivity contribution in [3.8, 4) is 0 Å². The van der Waals surface area contributed by atoms with Crippen LogP contribution in [0.3, 0.4) is 0 Å². The Morgan fingerprint density at radius 3 is 1.71 bits per heavy atom. The second kappa shape index (κ2) is 23.4. The molecule has 204 valence electrons. The molecule has 0 aromatic carbocycles. The molecule has 0 saturated carbocycles. The van der Waals surface area contributed by atoms with Crippen LogP contribution in [0.5, 0.6) is 0 Å². The number of unbranched alkanes of at least 4 members (excludes halogenated alkanes) is 14. The van der Waals surface area contributed by atoms with Crippen LogP contribution in [0.25, 0.3) is 0 Å². The lowest BCUT2D eigenvalue weighted by Crippen LogP contribution is -2.25. The van der Waals surface area contributed by atoms with Crippen molar-refractivity contribution in [1.29, 1.82) is 0 Å². The largest absolute Gasteiger partial charge is 0.472 e. The summed E-state index contributed by atoms with van der Waals surface area (Å²) in [7, 11) is -4.14. The van der Waals surface area contributed by atoms with Crippen LogP contribution in [-0.4, -0.2) is 34.5 Å². The van der Waals surface area contributed by atoms with Gasteiger partial charge in [0.25, 0.3) is 0 Å². The van der Waals surface area contributed by atoms with Gasteiger partial charge in [-0.2, -0.15) is 11.8 Å². The van der Waals surface area contributed by atoms with E-state index in [1.54, 1.807) is 0 Å². The number of carboxylic acid groups (broad SMARTS) is 1. The lowest BCUT2D eigenvalue weighted by Gasteiger charge is -2.26. The zero-order chi connectivity index (χ0) is 25.5. The lowest BCUT2D eigenvalue weighted by atomic mass is 10.1. The van der Waals surface area contributed by atoms with E-state index in [-0.39, 0.29) is 11.9 Å². The fraction of sp³-hybridized carbons (Fsp3) is 0.963. The van der Waals surface area contributed by atoms with Gasteiger partial charge in [-0.05, 0) is 31.9 Å². The summed E-state index contributed by atoms with van der Waals surface area (Å²) in [6.07, 6.45) is 21.7. The first-order valence-corrected chi connectivity index (χ1v) is 16.8. The minimum absolute atomic E-state index is 0.129. The average molecular weight is 523 g/mol. The molecular formula is C27H55O5PS. The molecule has 34 heavy (non-hydrogen) atoms. The van der Waals surface area contributed by atoms with Crippen molar-refractivity contribution in [2.75, 3.05) is 12.4 Å². The minimum atomic E-state index is -4.14. The van der Waals surface area contributed by atoms with Crippen molar-refractivity contribution in [1.82, 2.24) is 0 Å². The fourth-order valence-electron chi connectivity index (χ4n) is 4.03. The molecule has 0 bridgehead atoms. The first-order valence-electron chi connectivity index (χ1n) is 14.2. The molecule has 0 aliphatic rings. The van der Waals surface area contributed by atoms with Crippen molar-refractivity contribution in [2.45, 2.75) is 155 Å². The molecule has 0 aromatic rings. The highest BCUT2D eigenvalue weighted by molar-refractivity contribution is 7.99. The van der Waals surface area contributed by atoms with E-state index in [0.29, 0.717) is 6.42 Å². The summed E-state index contributed by atoms with van der Waals surface area (Å²) in [4.78, 5) is 11.6. The third-order valence-corrected chi connectivity index (χ3v) is 9.37. The molecule has 1 N–H and O–H groups in total. The van der Waals surface area contributed by atoms with Crippen molar-refractivity contribution < 1.29 is 23.5 Å². The Kier molecular flexibility index (Phi) is 23.4. The first kappa shape index (κ1) is 34.0. The van der Waals surface area contributed by atoms with Gasteiger partial charge in [-0.15, -0.1) is 0 Å². The van der Waals surface area contributed by atoms with Gasteiger partial charge in [0, 0.05) is 5.25 Å². The van der Waals surface area contributed by atoms with Crippen LogP contribution >= 0.6 is 19.4 Å². The first-order chi connectivity index (χ1) is 16.4. The average Bonchev–Trinajstić information content (AvgIpc) is 2.81. The minimum Gasteiger partial charge on any atom is -0.472 e. The molecule has 0 amide bonds. The molecule has 0 heterocycles. The Bertz CT molecular complexity index is 517. The van der Waals surface area contributed by atoms with Gasteiger partial charge in [-0.25, -0.2) is 9.36 Å². The highest BCUT2D eigenvalue weighted by Crippen LogP contribution is 2.51. The van der Waals surface area contributed by atoms with Gasteiger partial charge in [0.1, 0.15) is 0 Å². The van der Waals surface area contributed by atoms with Crippen LogP contribution < -0.4 is 0 Å². The summed E-state index contributed by atoms with van der Waals surface area (Å²) in [6.45, 7) is 8.33. The topological polar surface area (TPSA) is 72.8 Å². The molecular weight excluding hydrogens is 467 g/mol. The third-order valence-electron chi connectivity index (χ3n) is 6.20. The van der Waals surface area contributed by atoms with Crippen LogP contribution in [0.15, 0.2) is 0 Å². The number of carbonyl (C=O) groups is 1. The smallest absolute Gasteiger partial charge is 0.438 e. The maximum Gasteiger partial charge on any atom is 0.438 e. The van der Waals surface area contributed by atoms with Gasteiger partial charge in [-0.1, -0.05) is 117 Å². The summed E-state index contributed by atoms with van der Waals surface area (Å²) in [5.74, 6) is 1.04. The van der Waals surface area contributed by atoms with Gasteiger partial charge in [0.15, 0.2) is 0 Å². The van der Waals surface area contributed by atoms with Gasteiger partial charge in [0.2, 0.25) is 0 Å². The van der Waals surface area contributed by atoms with E-state index in [9.17, 15) is 14.5 Å². The summed E-state index contributed by atoms with van der Waals surface area (Å²) in [5, 5.41) is 9.58. The highest BCUT2D eigenvalue weighted by atomic mass is 32.2. The summed E-state index contributed by atoms with van der Waals surface area (Å²) >= 11 is 1.86. The zero-order valence-corrected chi connectivity index (χ0v) is 24.4. The van der Waals surface area contributed by atoms with Gasteiger partial charge >= 0.3 is 13.3 Å². The van der Waals surface area contributed by atoms with Crippen molar-refractivity contribution in [3.05, 3.63) is 0 Å². The van der Waals surface area contributed by atoms with Crippen LogP contribution in [0, 0.1) is 0 Å². The van der Waals surface area contributed by atoms with E-state index in [2.05, 4.69) is 13.8 Å².